The van der Waals surface area contributed by atoms with Gasteiger partial charge in [0.1, 0.15) is 0 Å². The number of halogens is 1. The van der Waals surface area contributed by atoms with Gasteiger partial charge in [-0.15, -0.1) is 0 Å². The van der Waals surface area contributed by atoms with Gasteiger partial charge in [0.05, 0.1) is 0 Å². The van der Waals surface area contributed by atoms with Gasteiger partial charge >= 0.3 is 0 Å². The van der Waals surface area contributed by atoms with Gasteiger partial charge in [0.2, 0.25) is 0 Å². The van der Waals surface area contributed by atoms with Crippen LogP contribution >= 0.6 is 22.6 Å². The lowest BCUT2D eigenvalue weighted by atomic mass is 9.94. The number of nitrogens with one attached hydrogen (secondary N) is 1. The number of alkyl halides is 1. The third-order valence-electron chi connectivity index (χ3n) is 2.08. The van der Waals surface area contributed by atoms with Gasteiger partial charge in [-0.1, -0.05) is 42.9 Å². The summed E-state index contributed by atoms with van der Waals surface area (Å²) >= 11 is 2.36. The largest absolute Gasteiger partial charge is 0.303 e. The molecule has 0 heterocycles. The van der Waals surface area contributed by atoms with E-state index in [0.29, 0.717) is 5.54 Å². The molecule has 0 aliphatic rings. The first kappa shape index (κ1) is 10.7. The van der Waals surface area contributed by atoms with Gasteiger partial charge < -0.3 is 5.32 Å². The lowest BCUT2D eigenvalue weighted by Gasteiger charge is -2.28. The summed E-state index contributed by atoms with van der Waals surface area (Å²) in [5.74, 6) is 0. The van der Waals surface area contributed by atoms with Crippen molar-refractivity contribution in [2.45, 2.75) is 45.6 Å². The number of hydrogen-bond donors (Lipinski definition) is 1. The van der Waals surface area contributed by atoms with E-state index in [0.717, 1.165) is 4.55 Å². The van der Waals surface area contributed by atoms with Crippen molar-refractivity contribution < 1.29 is 0 Å². The summed E-state index contributed by atoms with van der Waals surface area (Å²) in [4.78, 5) is 0. The molecule has 62 valence electrons. The Kier molecular flexibility index (Phi) is 5.72. The average Bonchev–Trinajstić information content (AvgIpc) is 1.89. The molecule has 0 aliphatic heterocycles. The first-order chi connectivity index (χ1) is 4.68. The summed E-state index contributed by atoms with van der Waals surface area (Å²) in [7, 11) is 0. The van der Waals surface area contributed by atoms with Gasteiger partial charge in [0.25, 0.3) is 0 Å². The smallest absolute Gasteiger partial charge is 0.0484 e. The van der Waals surface area contributed by atoms with Crippen molar-refractivity contribution >= 4 is 22.6 Å². The second-order valence-corrected chi connectivity index (χ2v) is 3.74. The molecular formula is C8H18IN. The van der Waals surface area contributed by atoms with E-state index in [2.05, 4.69) is 48.7 Å². The summed E-state index contributed by atoms with van der Waals surface area (Å²) in [6.07, 6.45) is 3.78. The quantitative estimate of drug-likeness (QED) is 0.452. The maximum atomic E-state index is 3.50. The molecule has 10 heavy (non-hydrogen) atoms. The Labute approximate surface area is 78.1 Å². The topological polar surface area (TPSA) is 12.0 Å². The molecule has 2 heteroatoms. The van der Waals surface area contributed by atoms with E-state index < -0.39 is 0 Å². The zero-order valence-electron chi connectivity index (χ0n) is 7.21. The molecule has 0 unspecified atom stereocenters. The maximum absolute atomic E-state index is 3.50. The van der Waals surface area contributed by atoms with Crippen LogP contribution in [0.1, 0.15) is 40.0 Å². The molecule has 0 bridgehead atoms. The molecule has 0 saturated heterocycles. The SMILES string of the molecule is CCC[C@](C)(CC)NCI. The van der Waals surface area contributed by atoms with E-state index in [4.69, 9.17) is 0 Å². The molecule has 1 nitrogen and oxygen atoms in total. The molecule has 0 aromatic rings. The normalized spacial score (nSPS) is 16.8. The monoisotopic (exact) mass is 255 g/mol. The van der Waals surface area contributed by atoms with Crippen molar-refractivity contribution in [1.29, 1.82) is 0 Å². The van der Waals surface area contributed by atoms with Gasteiger partial charge in [0, 0.05) is 10.1 Å². The Morgan fingerprint density at radius 3 is 2.30 bits per heavy atom. The summed E-state index contributed by atoms with van der Waals surface area (Å²) < 4.78 is 1.06. The molecule has 0 spiro atoms. The van der Waals surface area contributed by atoms with Crippen molar-refractivity contribution in [2.24, 2.45) is 0 Å². The Morgan fingerprint density at radius 2 is 2.00 bits per heavy atom. The molecule has 0 fully saturated rings. The third-order valence-corrected chi connectivity index (χ3v) is 2.46. The Bertz CT molecular complexity index is 77.3. The molecule has 0 aliphatic carbocycles. The number of hydrogen-bond acceptors (Lipinski definition) is 1. The fourth-order valence-corrected chi connectivity index (χ4v) is 2.02. The molecule has 0 aromatic heterocycles. The molecule has 0 aromatic carbocycles. The van der Waals surface area contributed by atoms with Gasteiger partial charge in [-0.25, -0.2) is 0 Å². The fraction of sp³-hybridized carbons (Fsp3) is 1.00. The van der Waals surface area contributed by atoms with Crippen molar-refractivity contribution in [3.05, 3.63) is 0 Å². The predicted octanol–water partition coefficient (Wildman–Crippen LogP) is 2.94. The highest BCUT2D eigenvalue weighted by atomic mass is 127. The van der Waals surface area contributed by atoms with Gasteiger partial charge in [-0.2, -0.15) is 0 Å². The molecule has 0 amide bonds. The van der Waals surface area contributed by atoms with Crippen molar-refractivity contribution in [1.82, 2.24) is 5.32 Å². The zero-order valence-corrected chi connectivity index (χ0v) is 9.36. The van der Waals surface area contributed by atoms with Crippen LogP contribution in [0, 0.1) is 0 Å². The fourth-order valence-electron chi connectivity index (χ4n) is 1.10. The Hall–Kier alpha value is 0.690. The van der Waals surface area contributed by atoms with Crippen LogP contribution in [0.2, 0.25) is 0 Å². The van der Waals surface area contributed by atoms with Crippen LogP contribution in [0.4, 0.5) is 0 Å². The van der Waals surface area contributed by atoms with Gasteiger partial charge in [0.15, 0.2) is 0 Å². The van der Waals surface area contributed by atoms with Crippen LogP contribution in [-0.2, 0) is 0 Å². The first-order valence-corrected chi connectivity index (χ1v) is 5.52. The highest BCUT2D eigenvalue weighted by Crippen LogP contribution is 2.16. The van der Waals surface area contributed by atoms with E-state index in [-0.39, 0.29) is 0 Å². The highest BCUT2D eigenvalue weighted by Gasteiger charge is 2.18. The predicted molar refractivity (Wildman–Crippen MR) is 55.6 cm³/mol. The molecule has 0 radical (unpaired) electrons. The standard InChI is InChI=1S/C8H18IN/c1-4-6-8(3,5-2)10-7-9/h10H,4-7H2,1-3H3/t8-/m0/s1. The Morgan fingerprint density at radius 1 is 1.40 bits per heavy atom. The molecule has 0 rings (SSSR count). The van der Waals surface area contributed by atoms with E-state index in [1.165, 1.54) is 19.3 Å². The summed E-state index contributed by atoms with van der Waals surface area (Å²) in [5.41, 5.74) is 0.385. The van der Waals surface area contributed by atoms with E-state index in [1.54, 1.807) is 0 Å². The summed E-state index contributed by atoms with van der Waals surface area (Å²) in [6, 6.07) is 0. The molecule has 0 saturated carbocycles. The maximum Gasteiger partial charge on any atom is 0.0484 e. The minimum atomic E-state index is 0.385. The third kappa shape index (κ3) is 3.76. The van der Waals surface area contributed by atoms with Crippen LogP contribution in [0.3, 0.4) is 0 Å². The minimum absolute atomic E-state index is 0.385. The second kappa shape index (κ2) is 5.35. The number of rotatable bonds is 5. The van der Waals surface area contributed by atoms with E-state index in [9.17, 15) is 0 Å². The van der Waals surface area contributed by atoms with Crippen molar-refractivity contribution in [3.8, 4) is 0 Å². The Balaban J connectivity index is 3.69. The average molecular weight is 255 g/mol. The van der Waals surface area contributed by atoms with Gasteiger partial charge in [-0.05, 0) is 19.8 Å². The van der Waals surface area contributed by atoms with Crippen LogP contribution in [0.25, 0.3) is 0 Å². The molecule has 1 N–H and O–H groups in total. The second-order valence-electron chi connectivity index (χ2n) is 2.97. The lowest BCUT2D eigenvalue weighted by molar-refractivity contribution is 0.339. The lowest BCUT2D eigenvalue weighted by Crippen LogP contribution is -2.40. The van der Waals surface area contributed by atoms with E-state index in [1.807, 2.05) is 0 Å². The van der Waals surface area contributed by atoms with Crippen molar-refractivity contribution in [2.75, 3.05) is 4.55 Å². The first-order valence-electron chi connectivity index (χ1n) is 3.99. The van der Waals surface area contributed by atoms with Crippen LogP contribution in [0.15, 0.2) is 0 Å². The van der Waals surface area contributed by atoms with Crippen LogP contribution in [0.5, 0.6) is 0 Å². The van der Waals surface area contributed by atoms with E-state index >= 15 is 0 Å². The molecular weight excluding hydrogens is 237 g/mol. The highest BCUT2D eigenvalue weighted by molar-refractivity contribution is 14.1. The summed E-state index contributed by atoms with van der Waals surface area (Å²) in [5, 5.41) is 3.50. The zero-order chi connectivity index (χ0) is 8.04. The summed E-state index contributed by atoms with van der Waals surface area (Å²) in [6.45, 7) is 6.78. The molecule has 1 atom stereocenters. The minimum Gasteiger partial charge on any atom is -0.303 e. The van der Waals surface area contributed by atoms with Crippen LogP contribution < -0.4 is 5.32 Å². The van der Waals surface area contributed by atoms with Crippen molar-refractivity contribution in [3.63, 3.8) is 0 Å². The van der Waals surface area contributed by atoms with Crippen LogP contribution in [-0.4, -0.2) is 10.1 Å². The van der Waals surface area contributed by atoms with Gasteiger partial charge in [-0.3, -0.25) is 0 Å².